The first-order valence-electron chi connectivity index (χ1n) is 7.34. The molecule has 2 rings (SSSR count). The van der Waals surface area contributed by atoms with Crippen LogP contribution in [0, 0.1) is 11.6 Å². The molecule has 0 aliphatic heterocycles. The first kappa shape index (κ1) is 18.6. The van der Waals surface area contributed by atoms with Crippen molar-refractivity contribution in [2.75, 3.05) is 5.32 Å². The Morgan fingerprint density at radius 2 is 1.75 bits per heavy atom. The van der Waals surface area contributed by atoms with E-state index in [1.54, 1.807) is 31.3 Å². The number of benzene rings is 2. The van der Waals surface area contributed by atoms with Crippen LogP contribution in [0.5, 0.6) is 0 Å². The molecule has 0 heterocycles. The van der Waals surface area contributed by atoms with E-state index in [1.165, 1.54) is 24.3 Å². The number of hydrogen-bond acceptors (Lipinski definition) is 1. The number of hydrogen-bond donors (Lipinski definition) is 2. The minimum atomic E-state index is -0.570. The zero-order chi connectivity index (χ0) is 17.9. The Kier molecular flexibility index (Phi) is 6.15. The molecule has 128 valence electrons. The number of quaternary nitrogens is 1. The van der Waals surface area contributed by atoms with Crippen LogP contribution < -0.4 is 10.6 Å². The Bertz CT molecular complexity index is 755. The number of amides is 1. The Morgan fingerprint density at radius 1 is 1.08 bits per heavy atom. The summed E-state index contributed by atoms with van der Waals surface area (Å²) in [6.45, 7) is 3.47. The van der Waals surface area contributed by atoms with Crippen LogP contribution in [-0.4, -0.2) is 11.9 Å². The first-order chi connectivity index (χ1) is 11.3. The summed E-state index contributed by atoms with van der Waals surface area (Å²) >= 11 is 11.8. The average Bonchev–Trinajstić information content (AvgIpc) is 2.52. The molecule has 0 aliphatic carbocycles. The van der Waals surface area contributed by atoms with E-state index in [2.05, 4.69) is 5.32 Å². The highest BCUT2D eigenvalue weighted by molar-refractivity contribution is 6.35. The van der Waals surface area contributed by atoms with Gasteiger partial charge in [-0.05, 0) is 38.1 Å². The summed E-state index contributed by atoms with van der Waals surface area (Å²) in [4.78, 5) is 12.2. The molecular weight excluding hydrogens is 357 g/mol. The maximum Gasteiger partial charge on any atom is 0.282 e. The number of para-hydroxylation sites is 1. The molecule has 0 saturated heterocycles. The number of nitrogens with two attached hydrogens (primary N) is 1. The van der Waals surface area contributed by atoms with Crippen molar-refractivity contribution >= 4 is 34.8 Å². The largest absolute Gasteiger partial charge is 0.330 e. The van der Waals surface area contributed by atoms with Crippen molar-refractivity contribution in [2.24, 2.45) is 0 Å². The molecule has 0 bridgehead atoms. The van der Waals surface area contributed by atoms with Gasteiger partial charge >= 0.3 is 0 Å². The highest BCUT2D eigenvalue weighted by Gasteiger charge is 2.23. The lowest BCUT2D eigenvalue weighted by molar-refractivity contribution is -0.709. The van der Waals surface area contributed by atoms with Crippen molar-refractivity contribution in [2.45, 2.75) is 25.9 Å². The predicted molar refractivity (Wildman–Crippen MR) is 91.3 cm³/mol. The predicted octanol–water partition coefficient (Wildman–Crippen LogP) is 3.92. The zero-order valence-electron chi connectivity index (χ0n) is 13.1. The van der Waals surface area contributed by atoms with Gasteiger partial charge in [-0.3, -0.25) is 4.79 Å². The van der Waals surface area contributed by atoms with Gasteiger partial charge in [-0.25, -0.2) is 8.78 Å². The van der Waals surface area contributed by atoms with E-state index in [0.29, 0.717) is 10.6 Å². The molecule has 2 aromatic rings. The molecule has 3 N–H and O–H groups in total. The summed E-state index contributed by atoms with van der Waals surface area (Å²) in [5, 5.41) is 4.51. The third-order valence-corrected chi connectivity index (χ3v) is 4.27. The number of rotatable bonds is 5. The van der Waals surface area contributed by atoms with Gasteiger partial charge in [0.2, 0.25) is 0 Å². The molecule has 24 heavy (non-hydrogen) atoms. The van der Waals surface area contributed by atoms with Crippen molar-refractivity contribution in [1.29, 1.82) is 0 Å². The fraction of sp³-hybridized carbons (Fsp3) is 0.235. The second-order valence-electron chi connectivity index (χ2n) is 5.53. The highest BCUT2D eigenvalue weighted by Crippen LogP contribution is 2.27. The van der Waals surface area contributed by atoms with E-state index in [0.717, 1.165) is 0 Å². The van der Waals surface area contributed by atoms with E-state index in [4.69, 9.17) is 23.2 Å². The fourth-order valence-electron chi connectivity index (χ4n) is 2.32. The van der Waals surface area contributed by atoms with E-state index in [1.807, 2.05) is 0 Å². The van der Waals surface area contributed by atoms with Gasteiger partial charge in [0.05, 0.1) is 15.7 Å². The van der Waals surface area contributed by atoms with Crippen LogP contribution in [-0.2, 0) is 4.79 Å². The summed E-state index contributed by atoms with van der Waals surface area (Å²) in [6, 6.07) is 7.69. The average molecular weight is 374 g/mol. The van der Waals surface area contributed by atoms with Gasteiger partial charge in [-0.2, -0.15) is 0 Å². The van der Waals surface area contributed by atoms with Gasteiger partial charge in [-0.1, -0.05) is 35.3 Å². The minimum Gasteiger partial charge on any atom is -0.330 e. The lowest BCUT2D eigenvalue weighted by atomic mass is 10.1. The van der Waals surface area contributed by atoms with Crippen LogP contribution in [0.3, 0.4) is 0 Å². The molecule has 0 aromatic heterocycles. The lowest BCUT2D eigenvalue weighted by Crippen LogP contribution is -2.91. The Labute approximate surface area is 149 Å². The fourth-order valence-corrected chi connectivity index (χ4v) is 2.88. The number of carbonyl (C=O) groups excluding carboxylic acids is 1. The van der Waals surface area contributed by atoms with Crippen LogP contribution in [0.15, 0.2) is 36.4 Å². The minimum absolute atomic E-state index is 0.0544. The van der Waals surface area contributed by atoms with E-state index >= 15 is 0 Å². The summed E-state index contributed by atoms with van der Waals surface area (Å²) < 4.78 is 27.2. The smallest absolute Gasteiger partial charge is 0.282 e. The molecular formula is C17H17Cl2F2N2O+. The van der Waals surface area contributed by atoms with E-state index < -0.39 is 17.7 Å². The molecule has 1 amide bonds. The van der Waals surface area contributed by atoms with E-state index in [-0.39, 0.29) is 22.7 Å². The van der Waals surface area contributed by atoms with Crippen LogP contribution in [0.4, 0.5) is 14.5 Å². The van der Waals surface area contributed by atoms with Gasteiger partial charge in [0.25, 0.3) is 5.91 Å². The molecule has 0 aliphatic rings. The van der Waals surface area contributed by atoms with Crippen molar-refractivity contribution in [3.63, 3.8) is 0 Å². The molecule has 2 atom stereocenters. The molecule has 0 spiro atoms. The van der Waals surface area contributed by atoms with Gasteiger partial charge < -0.3 is 10.6 Å². The Balaban J connectivity index is 2.06. The molecule has 2 aromatic carbocycles. The van der Waals surface area contributed by atoms with Crippen LogP contribution >= 0.6 is 23.2 Å². The van der Waals surface area contributed by atoms with Gasteiger partial charge in [0.15, 0.2) is 6.04 Å². The third-order valence-electron chi connectivity index (χ3n) is 3.65. The number of nitrogens with one attached hydrogen (secondary N) is 1. The lowest BCUT2D eigenvalue weighted by Gasteiger charge is -2.18. The maximum atomic E-state index is 13.6. The van der Waals surface area contributed by atoms with Crippen molar-refractivity contribution in [1.82, 2.24) is 0 Å². The van der Waals surface area contributed by atoms with Gasteiger partial charge in [0.1, 0.15) is 17.7 Å². The molecule has 0 unspecified atom stereocenters. The summed E-state index contributed by atoms with van der Waals surface area (Å²) in [6.07, 6.45) is 0. The first-order valence-corrected chi connectivity index (χ1v) is 8.10. The van der Waals surface area contributed by atoms with Gasteiger partial charge in [0, 0.05) is 5.56 Å². The van der Waals surface area contributed by atoms with Crippen molar-refractivity contribution in [3.05, 3.63) is 63.6 Å². The Morgan fingerprint density at radius 3 is 2.42 bits per heavy atom. The molecule has 7 heteroatoms. The number of anilines is 1. The Hall–Kier alpha value is -1.69. The topological polar surface area (TPSA) is 45.7 Å². The van der Waals surface area contributed by atoms with Crippen molar-refractivity contribution in [3.8, 4) is 0 Å². The van der Waals surface area contributed by atoms with Crippen LogP contribution in [0.25, 0.3) is 0 Å². The molecule has 0 saturated carbocycles. The van der Waals surface area contributed by atoms with Gasteiger partial charge in [-0.15, -0.1) is 0 Å². The molecule has 0 fully saturated rings. The second-order valence-corrected chi connectivity index (χ2v) is 6.34. The van der Waals surface area contributed by atoms with Crippen LogP contribution in [0.1, 0.15) is 25.5 Å². The SMILES string of the molecule is C[C@H]([NH2+][C@H](C)C(=O)Nc1ccccc1F)c1cc(F)c(Cl)cc1Cl. The number of carbonyl (C=O) groups is 1. The zero-order valence-corrected chi connectivity index (χ0v) is 14.6. The normalized spacial score (nSPS) is 13.4. The number of halogens is 4. The van der Waals surface area contributed by atoms with Crippen LogP contribution in [0.2, 0.25) is 10.0 Å². The van der Waals surface area contributed by atoms with Crippen molar-refractivity contribution < 1.29 is 18.9 Å². The van der Waals surface area contributed by atoms with E-state index in [9.17, 15) is 13.6 Å². The highest BCUT2D eigenvalue weighted by atomic mass is 35.5. The quantitative estimate of drug-likeness (QED) is 0.766. The second kappa shape index (κ2) is 7.92. The summed E-state index contributed by atoms with van der Waals surface area (Å²) in [5.41, 5.74) is 0.648. The third kappa shape index (κ3) is 4.44. The maximum absolute atomic E-state index is 13.6. The monoisotopic (exact) mass is 373 g/mol. The molecule has 3 nitrogen and oxygen atoms in total. The summed E-state index contributed by atoms with van der Waals surface area (Å²) in [5.74, 6) is -1.44. The summed E-state index contributed by atoms with van der Waals surface area (Å²) in [7, 11) is 0. The molecule has 0 radical (unpaired) electrons. The standard InChI is InChI=1S/C17H16Cl2F2N2O/c1-9(11-7-15(21)13(19)8-12(11)18)22-10(2)17(24)23-16-6-4-3-5-14(16)20/h3-10,22H,1-2H3,(H,23,24)/p+1/t9-,10+/m0/s1.